The fourth-order valence-corrected chi connectivity index (χ4v) is 4.85. The predicted octanol–water partition coefficient (Wildman–Crippen LogP) is 4.65. The van der Waals surface area contributed by atoms with Gasteiger partial charge in [0.1, 0.15) is 23.1 Å². The number of hydrogen-bond donors (Lipinski definition) is 1. The molecule has 0 aliphatic carbocycles. The fraction of sp³-hybridized carbons (Fsp3) is 0.387. The Balaban J connectivity index is 1.54. The molecule has 2 aromatic heterocycles. The standard InChI is InChI=1S/C31H36N6O7/c1-5-7-8-30-32-17-22(13-21(31(38)39)12-20-14-27-28(44-19-43-27)16-25(20)41-4)37(30)24-10-9-23(40-3)15-26(24)42-18-29-33-35-36(34-29)11-6-2/h9-10,13-17H,5-8,11-12,18-19H2,1-4H3,(H,38,39). The highest BCUT2D eigenvalue weighted by Gasteiger charge is 2.22. The van der Waals surface area contributed by atoms with Gasteiger partial charge in [-0.15, -0.1) is 10.2 Å². The van der Waals surface area contributed by atoms with Gasteiger partial charge in [-0.3, -0.25) is 4.57 Å². The highest BCUT2D eigenvalue weighted by atomic mass is 16.7. The van der Waals surface area contributed by atoms with Crippen molar-refractivity contribution in [3.63, 3.8) is 0 Å². The molecule has 4 aromatic rings. The maximum absolute atomic E-state index is 12.6. The van der Waals surface area contributed by atoms with Crippen LogP contribution in [0.2, 0.25) is 0 Å². The molecule has 0 saturated heterocycles. The lowest BCUT2D eigenvalue weighted by atomic mass is 10.0. The minimum absolute atomic E-state index is 0.0790. The molecule has 0 spiro atoms. The zero-order chi connectivity index (χ0) is 31.1. The van der Waals surface area contributed by atoms with Gasteiger partial charge in [0.15, 0.2) is 18.1 Å². The number of imidazole rings is 1. The molecule has 0 amide bonds. The van der Waals surface area contributed by atoms with Crippen molar-refractivity contribution < 1.29 is 33.6 Å². The number of tetrazole rings is 1. The highest BCUT2D eigenvalue weighted by Crippen LogP contribution is 2.39. The highest BCUT2D eigenvalue weighted by molar-refractivity contribution is 5.92. The number of aliphatic carboxylic acids is 1. The van der Waals surface area contributed by atoms with Crippen LogP contribution in [0.3, 0.4) is 0 Å². The number of rotatable bonds is 15. The first-order valence-electron chi connectivity index (χ1n) is 14.5. The first-order valence-corrected chi connectivity index (χ1v) is 14.5. The average molecular weight is 605 g/mol. The predicted molar refractivity (Wildman–Crippen MR) is 160 cm³/mol. The van der Waals surface area contributed by atoms with Gasteiger partial charge in [0.2, 0.25) is 12.6 Å². The molecular formula is C31H36N6O7. The summed E-state index contributed by atoms with van der Waals surface area (Å²) in [7, 11) is 3.11. The van der Waals surface area contributed by atoms with E-state index in [1.165, 1.54) is 11.9 Å². The van der Waals surface area contributed by atoms with Gasteiger partial charge >= 0.3 is 5.97 Å². The van der Waals surface area contributed by atoms with Crippen molar-refractivity contribution in [1.82, 2.24) is 29.8 Å². The molecule has 13 heteroatoms. The number of aromatic nitrogens is 6. The van der Waals surface area contributed by atoms with Crippen LogP contribution < -0.4 is 23.7 Å². The molecule has 0 unspecified atom stereocenters. The van der Waals surface area contributed by atoms with Crippen LogP contribution >= 0.6 is 0 Å². The van der Waals surface area contributed by atoms with Crippen LogP contribution in [0.15, 0.2) is 42.1 Å². The van der Waals surface area contributed by atoms with E-state index in [0.717, 1.165) is 25.1 Å². The minimum Gasteiger partial charge on any atom is -0.497 e. The summed E-state index contributed by atoms with van der Waals surface area (Å²) in [5.74, 6) is 2.84. The van der Waals surface area contributed by atoms with Crippen LogP contribution in [0.25, 0.3) is 11.8 Å². The van der Waals surface area contributed by atoms with Crippen LogP contribution in [-0.2, 0) is 30.8 Å². The summed E-state index contributed by atoms with van der Waals surface area (Å²) >= 11 is 0. The number of hydrogen-bond acceptors (Lipinski definition) is 10. The summed E-state index contributed by atoms with van der Waals surface area (Å²) in [6, 6.07) is 8.93. The summed E-state index contributed by atoms with van der Waals surface area (Å²) in [6.07, 6.45) is 6.81. The van der Waals surface area contributed by atoms with Gasteiger partial charge in [0, 0.05) is 36.1 Å². The number of carbonyl (C=O) groups is 1. The monoisotopic (exact) mass is 604 g/mol. The first-order chi connectivity index (χ1) is 21.4. The van der Waals surface area contributed by atoms with E-state index < -0.39 is 5.97 Å². The minimum atomic E-state index is -1.07. The summed E-state index contributed by atoms with van der Waals surface area (Å²) in [6.45, 7) is 4.99. The molecule has 0 radical (unpaired) electrons. The molecule has 3 heterocycles. The van der Waals surface area contributed by atoms with Crippen molar-refractivity contribution >= 4 is 12.0 Å². The second-order valence-corrected chi connectivity index (χ2v) is 10.1. The van der Waals surface area contributed by atoms with Crippen LogP contribution in [0.4, 0.5) is 0 Å². The Bertz CT molecular complexity index is 1640. The maximum Gasteiger partial charge on any atom is 0.331 e. The Kier molecular flexibility index (Phi) is 9.62. The number of aryl methyl sites for hydroxylation is 2. The molecule has 0 atom stereocenters. The lowest BCUT2D eigenvalue weighted by Gasteiger charge is -2.17. The molecular weight excluding hydrogens is 568 g/mol. The Morgan fingerprint density at radius 2 is 1.89 bits per heavy atom. The lowest BCUT2D eigenvalue weighted by Crippen LogP contribution is -2.09. The number of carboxylic acid groups (broad SMARTS) is 1. The van der Waals surface area contributed by atoms with Gasteiger partial charge < -0.3 is 28.8 Å². The number of carboxylic acids is 1. The van der Waals surface area contributed by atoms with E-state index in [9.17, 15) is 9.90 Å². The van der Waals surface area contributed by atoms with E-state index in [-0.39, 0.29) is 25.4 Å². The van der Waals surface area contributed by atoms with Gasteiger partial charge in [-0.1, -0.05) is 20.3 Å². The molecule has 1 aliphatic heterocycles. The second kappa shape index (κ2) is 13.9. The molecule has 0 saturated carbocycles. The smallest absolute Gasteiger partial charge is 0.331 e. The summed E-state index contributed by atoms with van der Waals surface area (Å²) < 4.78 is 30.2. The van der Waals surface area contributed by atoms with Gasteiger partial charge in [0.25, 0.3) is 0 Å². The number of methoxy groups -OCH3 is 2. The molecule has 0 bridgehead atoms. The second-order valence-electron chi connectivity index (χ2n) is 10.1. The van der Waals surface area contributed by atoms with E-state index in [0.29, 0.717) is 64.5 Å². The van der Waals surface area contributed by atoms with Gasteiger partial charge in [-0.05, 0) is 42.3 Å². The van der Waals surface area contributed by atoms with Crippen LogP contribution in [0, 0.1) is 0 Å². The quantitative estimate of drug-likeness (QED) is 0.189. The number of benzene rings is 2. The summed E-state index contributed by atoms with van der Waals surface area (Å²) in [5.41, 5.74) is 2.04. The molecule has 13 nitrogen and oxygen atoms in total. The van der Waals surface area contributed by atoms with Gasteiger partial charge in [0.05, 0.1) is 38.3 Å². The molecule has 232 valence electrons. The third kappa shape index (κ3) is 6.77. The molecule has 0 fully saturated rings. The van der Waals surface area contributed by atoms with E-state index in [4.69, 9.17) is 28.7 Å². The Hall–Kier alpha value is -5.07. The van der Waals surface area contributed by atoms with Gasteiger partial charge in [-0.2, -0.15) is 4.80 Å². The third-order valence-corrected chi connectivity index (χ3v) is 7.05. The largest absolute Gasteiger partial charge is 0.497 e. The third-order valence-electron chi connectivity index (χ3n) is 7.05. The zero-order valence-corrected chi connectivity index (χ0v) is 25.3. The molecule has 1 aliphatic rings. The SMILES string of the molecule is CCCCc1ncc(C=C(Cc2cc3c(cc2OC)OCO3)C(=O)O)n1-c1ccc(OC)cc1OCc1nnn(CCC)n1. The van der Waals surface area contributed by atoms with Crippen LogP contribution in [0.5, 0.6) is 28.7 Å². The maximum atomic E-state index is 12.6. The first kappa shape index (κ1) is 30.4. The van der Waals surface area contributed by atoms with Crippen molar-refractivity contribution in [1.29, 1.82) is 0 Å². The number of fused-ring (bicyclic) bond motifs is 1. The van der Waals surface area contributed by atoms with E-state index in [2.05, 4.69) is 22.3 Å². The number of ether oxygens (including phenoxy) is 5. The zero-order valence-electron chi connectivity index (χ0n) is 25.3. The molecule has 44 heavy (non-hydrogen) atoms. The normalized spacial score (nSPS) is 12.4. The Morgan fingerprint density at radius 1 is 1.07 bits per heavy atom. The fourth-order valence-electron chi connectivity index (χ4n) is 4.85. The lowest BCUT2D eigenvalue weighted by molar-refractivity contribution is -0.132. The van der Waals surface area contributed by atoms with Crippen LogP contribution in [-0.4, -0.2) is 61.8 Å². The van der Waals surface area contributed by atoms with Crippen molar-refractivity contribution in [3.05, 3.63) is 65.0 Å². The van der Waals surface area contributed by atoms with Crippen molar-refractivity contribution in [2.45, 2.75) is 59.1 Å². The topological polar surface area (TPSA) is 145 Å². The van der Waals surface area contributed by atoms with Crippen molar-refractivity contribution in [2.75, 3.05) is 21.0 Å². The van der Waals surface area contributed by atoms with E-state index in [1.807, 2.05) is 23.6 Å². The molecule has 1 N–H and O–H groups in total. The van der Waals surface area contributed by atoms with Crippen LogP contribution in [0.1, 0.15) is 56.0 Å². The summed E-state index contributed by atoms with van der Waals surface area (Å²) in [5, 5.41) is 22.8. The Morgan fingerprint density at radius 3 is 2.61 bits per heavy atom. The van der Waals surface area contributed by atoms with E-state index >= 15 is 0 Å². The molecule has 5 rings (SSSR count). The van der Waals surface area contributed by atoms with Crippen molar-refractivity contribution in [3.8, 4) is 34.4 Å². The van der Waals surface area contributed by atoms with E-state index in [1.54, 1.807) is 37.6 Å². The average Bonchev–Trinajstić information content (AvgIpc) is 3.78. The van der Waals surface area contributed by atoms with Gasteiger partial charge in [-0.25, -0.2) is 9.78 Å². The number of unbranched alkanes of at least 4 members (excludes halogenated alkanes) is 1. The molecule has 2 aromatic carbocycles. The Labute approximate surface area is 255 Å². The van der Waals surface area contributed by atoms with Crippen molar-refractivity contribution in [2.24, 2.45) is 0 Å². The number of nitrogens with zero attached hydrogens (tertiary/aromatic N) is 6. The summed E-state index contributed by atoms with van der Waals surface area (Å²) in [4.78, 5) is 18.8.